The van der Waals surface area contributed by atoms with Crippen LogP contribution in [0.25, 0.3) is 43.2 Å². The van der Waals surface area contributed by atoms with E-state index in [0.717, 1.165) is 75.3 Å². The third kappa shape index (κ3) is 8.21. The largest absolute Gasteiger partial charge is 0.464 e. The van der Waals surface area contributed by atoms with Gasteiger partial charge < -0.3 is 19.1 Å². The van der Waals surface area contributed by atoms with E-state index in [1.807, 2.05) is 90.5 Å². The number of halogens is 1. The molecular weight excluding hydrogens is 738 g/mol. The molecule has 0 bridgehead atoms. The van der Waals surface area contributed by atoms with Crippen LogP contribution in [0.2, 0.25) is 5.02 Å². The number of aromatic nitrogens is 5. The Morgan fingerprint density at radius 1 is 1.02 bits per heavy atom. The molecule has 0 unspecified atom stereocenters. The number of aryl methyl sites for hydroxylation is 2. The number of piperidine rings is 1. The number of likely N-dealkylation sites (tertiary alicyclic amines) is 2. The Hall–Kier alpha value is -4.17. The fraction of sp³-hybridized carbons (Fsp3) is 0.512. The molecule has 0 saturated carbocycles. The molecule has 0 N–H and O–H groups in total. The van der Waals surface area contributed by atoms with Gasteiger partial charge in [-0.05, 0) is 111 Å². The number of benzene rings is 2. The zero-order chi connectivity index (χ0) is 39.4. The van der Waals surface area contributed by atoms with Crippen molar-refractivity contribution in [3.05, 3.63) is 58.4 Å². The molecule has 0 aliphatic carbocycles. The van der Waals surface area contributed by atoms with Crippen molar-refractivity contribution in [1.82, 2.24) is 34.5 Å². The monoisotopic (exact) mass is 787 g/mol. The molecule has 7 rings (SSSR count). The number of hydrogen-bond donors (Lipinski definition) is 0. The zero-order valence-electron chi connectivity index (χ0n) is 33.1. The van der Waals surface area contributed by atoms with Crippen LogP contribution >= 0.6 is 22.9 Å². The molecule has 2 aliphatic rings. The summed E-state index contributed by atoms with van der Waals surface area (Å²) >= 11 is 7.85. The first-order valence-corrected chi connectivity index (χ1v) is 20.2. The van der Waals surface area contributed by atoms with Gasteiger partial charge in [-0.3, -0.25) is 4.90 Å². The van der Waals surface area contributed by atoms with Crippen LogP contribution < -0.4 is 0 Å². The molecule has 5 heterocycles. The number of thiazole rings is 1. The number of ether oxygens (including phenoxy) is 3. The van der Waals surface area contributed by atoms with Crippen LogP contribution in [0.15, 0.2) is 36.5 Å². The van der Waals surface area contributed by atoms with Crippen LogP contribution in [0.5, 0.6) is 0 Å². The summed E-state index contributed by atoms with van der Waals surface area (Å²) in [6, 6.07) is 9.96. The highest BCUT2D eigenvalue weighted by Crippen LogP contribution is 2.45. The lowest BCUT2D eigenvalue weighted by atomic mass is 9.91. The van der Waals surface area contributed by atoms with E-state index in [2.05, 4.69) is 4.90 Å². The van der Waals surface area contributed by atoms with Crippen molar-refractivity contribution in [3.8, 4) is 21.8 Å². The lowest BCUT2D eigenvalue weighted by Crippen LogP contribution is -2.62. The maximum atomic E-state index is 13.6. The minimum absolute atomic E-state index is 0.228. The van der Waals surface area contributed by atoms with Crippen molar-refractivity contribution in [1.29, 1.82) is 0 Å². The first-order chi connectivity index (χ1) is 26.0. The summed E-state index contributed by atoms with van der Waals surface area (Å²) in [6.45, 7) is 18.7. The fourth-order valence-electron chi connectivity index (χ4n) is 7.48. The molecule has 3 aromatic heterocycles. The van der Waals surface area contributed by atoms with Crippen molar-refractivity contribution < 1.29 is 23.8 Å². The summed E-state index contributed by atoms with van der Waals surface area (Å²) in [4.78, 5) is 45.5. The van der Waals surface area contributed by atoms with Crippen molar-refractivity contribution in [3.63, 3.8) is 0 Å². The van der Waals surface area contributed by atoms with E-state index >= 15 is 0 Å². The van der Waals surface area contributed by atoms with E-state index in [1.54, 1.807) is 18.0 Å². The molecule has 2 saturated heterocycles. The van der Waals surface area contributed by atoms with E-state index in [4.69, 9.17) is 45.9 Å². The second-order valence-corrected chi connectivity index (χ2v) is 17.9. The lowest BCUT2D eigenvalue weighted by molar-refractivity contribution is -0.166. The number of carbonyl (C=O) groups is 2. The summed E-state index contributed by atoms with van der Waals surface area (Å²) in [5, 5.41) is 6.27. The van der Waals surface area contributed by atoms with Crippen LogP contribution in [0.4, 0.5) is 4.79 Å². The molecule has 0 spiro atoms. The van der Waals surface area contributed by atoms with E-state index in [0.29, 0.717) is 34.9 Å². The number of fused-ring (bicyclic) bond motifs is 2. The standard InChI is InChI=1S/C41H50ClN7O5S/c1-10-52-38(50)34(53-40(3,4)5)30-23(2)19-28-35(31(30)24-11-13-26(42)14-12-24)55-37(45-28)29-20-43-36-33(44-29)32(46-47(36)9)25-15-17-48(18-16-25)27-21-49(22-27)39(51)54-41(6,7)8/h11-14,19-20,25,27,34H,10,15-18,21-22H2,1-9H3/t34-/m0/s1. The third-order valence-electron chi connectivity index (χ3n) is 10.0. The summed E-state index contributed by atoms with van der Waals surface area (Å²) in [7, 11) is 1.91. The number of hydrogen-bond acceptors (Lipinski definition) is 11. The predicted molar refractivity (Wildman–Crippen MR) is 215 cm³/mol. The van der Waals surface area contributed by atoms with Crippen LogP contribution in [-0.2, 0) is 26.1 Å². The topological polar surface area (TPSA) is 125 Å². The van der Waals surface area contributed by atoms with Crippen molar-refractivity contribution >= 4 is 56.4 Å². The average molecular weight is 788 g/mol. The minimum Gasteiger partial charge on any atom is -0.464 e. The Balaban J connectivity index is 1.20. The van der Waals surface area contributed by atoms with E-state index in [9.17, 15) is 9.59 Å². The van der Waals surface area contributed by atoms with Gasteiger partial charge in [0.05, 0.1) is 34.3 Å². The first-order valence-electron chi connectivity index (χ1n) is 19.0. The first kappa shape index (κ1) is 39.1. The summed E-state index contributed by atoms with van der Waals surface area (Å²) < 4.78 is 20.3. The zero-order valence-corrected chi connectivity index (χ0v) is 34.7. The Labute approximate surface area is 331 Å². The lowest BCUT2D eigenvalue weighted by Gasteiger charge is -2.47. The fourth-order valence-corrected chi connectivity index (χ4v) is 8.69. The van der Waals surface area contributed by atoms with Crippen molar-refractivity contribution in [2.75, 3.05) is 32.8 Å². The molecule has 2 aliphatic heterocycles. The second-order valence-electron chi connectivity index (χ2n) is 16.5. The molecular formula is C41H50ClN7O5S. The molecule has 55 heavy (non-hydrogen) atoms. The second kappa shape index (κ2) is 15.1. The Morgan fingerprint density at radius 2 is 1.71 bits per heavy atom. The van der Waals surface area contributed by atoms with Gasteiger partial charge in [0.2, 0.25) is 0 Å². The van der Waals surface area contributed by atoms with E-state index in [1.165, 1.54) is 11.3 Å². The number of esters is 1. The molecule has 2 fully saturated rings. The van der Waals surface area contributed by atoms with Gasteiger partial charge in [-0.1, -0.05) is 23.7 Å². The third-order valence-corrected chi connectivity index (χ3v) is 11.4. The van der Waals surface area contributed by atoms with Crippen LogP contribution in [0, 0.1) is 6.92 Å². The van der Waals surface area contributed by atoms with Crippen molar-refractivity contribution in [2.24, 2.45) is 7.05 Å². The van der Waals surface area contributed by atoms with E-state index in [-0.39, 0.29) is 18.6 Å². The number of rotatable bonds is 8. The smallest absolute Gasteiger partial charge is 0.410 e. The van der Waals surface area contributed by atoms with Crippen molar-refractivity contribution in [2.45, 2.75) is 97.5 Å². The van der Waals surface area contributed by atoms with Crippen LogP contribution in [0.1, 0.15) is 90.2 Å². The maximum absolute atomic E-state index is 13.6. The Kier molecular flexibility index (Phi) is 10.7. The normalized spacial score (nSPS) is 16.8. The van der Waals surface area contributed by atoms with Gasteiger partial charge in [-0.15, -0.1) is 11.3 Å². The SMILES string of the molecule is CCOC(=O)[C@@H](OC(C)(C)C)c1c(C)cc2nc(-c3cnc4c(n3)c(C3CCN(C5CN(C(=O)OC(C)(C)C)C5)CC3)nn4C)sc2c1-c1ccc(Cl)cc1. The molecule has 2 aromatic carbocycles. The molecule has 292 valence electrons. The van der Waals surface area contributed by atoms with Gasteiger partial charge in [0.1, 0.15) is 21.8 Å². The van der Waals surface area contributed by atoms with Gasteiger partial charge in [0.25, 0.3) is 0 Å². The average Bonchev–Trinajstić information content (AvgIpc) is 3.66. The summed E-state index contributed by atoms with van der Waals surface area (Å²) in [5.74, 6) is -0.215. The van der Waals surface area contributed by atoms with E-state index < -0.39 is 23.3 Å². The molecule has 14 heteroatoms. The number of nitrogens with zero attached hydrogens (tertiary/aromatic N) is 7. The van der Waals surface area contributed by atoms with Gasteiger partial charge in [-0.2, -0.15) is 5.10 Å². The molecule has 5 aromatic rings. The predicted octanol–water partition coefficient (Wildman–Crippen LogP) is 8.49. The van der Waals surface area contributed by atoms with Gasteiger partial charge in [0.15, 0.2) is 11.8 Å². The maximum Gasteiger partial charge on any atom is 0.410 e. The van der Waals surface area contributed by atoms with Crippen LogP contribution in [-0.4, -0.2) is 96.6 Å². The van der Waals surface area contributed by atoms with Crippen LogP contribution in [0.3, 0.4) is 0 Å². The summed E-state index contributed by atoms with van der Waals surface area (Å²) in [6.07, 6.45) is 2.43. The Bertz CT molecular complexity index is 2230. The number of amides is 1. The highest BCUT2D eigenvalue weighted by Gasteiger charge is 2.39. The quantitative estimate of drug-likeness (QED) is 0.141. The Morgan fingerprint density at radius 3 is 2.35 bits per heavy atom. The number of carbonyl (C=O) groups excluding carboxylic acids is 2. The summed E-state index contributed by atoms with van der Waals surface area (Å²) in [5.41, 5.74) is 6.11. The molecule has 1 amide bonds. The highest BCUT2D eigenvalue weighted by molar-refractivity contribution is 7.22. The van der Waals surface area contributed by atoms with Gasteiger partial charge in [-0.25, -0.2) is 29.2 Å². The highest BCUT2D eigenvalue weighted by atomic mass is 35.5. The molecule has 1 atom stereocenters. The van der Waals surface area contributed by atoms with Gasteiger partial charge >= 0.3 is 12.1 Å². The van der Waals surface area contributed by atoms with Gasteiger partial charge in [0, 0.05) is 48.2 Å². The molecule has 12 nitrogen and oxygen atoms in total. The molecule has 0 radical (unpaired) electrons. The minimum atomic E-state index is -0.964.